The van der Waals surface area contributed by atoms with Crippen LogP contribution in [0, 0.1) is 17.0 Å². The van der Waals surface area contributed by atoms with Crippen LogP contribution in [0.1, 0.15) is 16.2 Å². The van der Waals surface area contributed by atoms with Crippen LogP contribution >= 0.6 is 15.9 Å². The van der Waals surface area contributed by atoms with Crippen LogP contribution in [-0.2, 0) is 11.3 Å². The minimum atomic E-state index is -0.518. The Morgan fingerprint density at radius 2 is 2.19 bits per heavy atom. The molecule has 0 aliphatic heterocycles. The number of aromatic nitrogens is 2. The number of rotatable bonds is 5. The van der Waals surface area contributed by atoms with E-state index in [1.807, 2.05) is 0 Å². The SMILES string of the molecule is Cc1ncc([N+](=O)[O-])n1CCOC(=O)c1ccccc1Br. The van der Waals surface area contributed by atoms with Crippen LogP contribution in [0.15, 0.2) is 34.9 Å². The fourth-order valence-corrected chi connectivity index (χ4v) is 2.26. The summed E-state index contributed by atoms with van der Waals surface area (Å²) < 4.78 is 7.17. The second-order valence-corrected chi connectivity index (χ2v) is 5.04. The number of nitro groups is 1. The quantitative estimate of drug-likeness (QED) is 0.468. The van der Waals surface area contributed by atoms with Crippen LogP contribution in [0.25, 0.3) is 0 Å². The molecule has 1 aromatic carbocycles. The van der Waals surface area contributed by atoms with Crippen molar-refractivity contribution in [3.63, 3.8) is 0 Å². The molecule has 0 spiro atoms. The van der Waals surface area contributed by atoms with E-state index in [0.29, 0.717) is 15.9 Å². The van der Waals surface area contributed by atoms with Crippen molar-refractivity contribution in [2.45, 2.75) is 13.5 Å². The van der Waals surface area contributed by atoms with Gasteiger partial charge in [-0.25, -0.2) is 14.3 Å². The van der Waals surface area contributed by atoms with Crippen molar-refractivity contribution in [1.82, 2.24) is 9.55 Å². The fraction of sp³-hybridized carbons (Fsp3) is 0.231. The summed E-state index contributed by atoms with van der Waals surface area (Å²) in [6.45, 7) is 1.86. The van der Waals surface area contributed by atoms with Gasteiger partial charge in [0.05, 0.1) is 5.56 Å². The summed E-state index contributed by atoms with van der Waals surface area (Å²) in [4.78, 5) is 26.1. The lowest BCUT2D eigenvalue weighted by Gasteiger charge is -2.06. The van der Waals surface area contributed by atoms with Gasteiger partial charge in [-0.05, 0) is 33.0 Å². The summed E-state index contributed by atoms with van der Waals surface area (Å²) >= 11 is 3.26. The molecule has 0 aliphatic carbocycles. The van der Waals surface area contributed by atoms with Gasteiger partial charge in [-0.2, -0.15) is 0 Å². The van der Waals surface area contributed by atoms with E-state index in [1.165, 1.54) is 10.8 Å². The van der Waals surface area contributed by atoms with E-state index in [4.69, 9.17) is 4.74 Å². The summed E-state index contributed by atoms with van der Waals surface area (Å²) in [5.74, 6) is -0.106. The zero-order chi connectivity index (χ0) is 15.4. The van der Waals surface area contributed by atoms with E-state index in [1.54, 1.807) is 31.2 Å². The average molecular weight is 354 g/mol. The maximum atomic E-state index is 11.9. The van der Waals surface area contributed by atoms with E-state index in [2.05, 4.69) is 20.9 Å². The molecular formula is C13H12BrN3O4. The molecule has 0 unspecified atom stereocenters. The van der Waals surface area contributed by atoms with Crippen LogP contribution in [-0.4, -0.2) is 27.1 Å². The first-order valence-corrected chi connectivity index (χ1v) is 6.88. The van der Waals surface area contributed by atoms with Crippen molar-refractivity contribution in [3.8, 4) is 0 Å². The molecule has 0 saturated carbocycles. The standard InChI is InChI=1S/C13H12BrN3O4/c1-9-15-8-12(17(19)20)16(9)6-7-21-13(18)10-4-2-3-5-11(10)14/h2-5,8H,6-7H2,1H3. The number of ether oxygens (including phenoxy) is 1. The van der Waals surface area contributed by atoms with Crippen molar-refractivity contribution in [2.75, 3.05) is 6.61 Å². The Hall–Kier alpha value is -2.22. The molecule has 1 heterocycles. The fourth-order valence-electron chi connectivity index (χ4n) is 1.81. The summed E-state index contributed by atoms with van der Waals surface area (Å²) in [6, 6.07) is 6.89. The van der Waals surface area contributed by atoms with Gasteiger partial charge in [0.15, 0.2) is 5.82 Å². The molecule has 0 N–H and O–H groups in total. The third-order valence-electron chi connectivity index (χ3n) is 2.86. The van der Waals surface area contributed by atoms with Gasteiger partial charge in [-0.1, -0.05) is 12.1 Å². The molecule has 0 aliphatic rings. The molecule has 7 nitrogen and oxygen atoms in total. The Morgan fingerprint density at radius 3 is 2.86 bits per heavy atom. The van der Waals surface area contributed by atoms with Crippen LogP contribution in [0.2, 0.25) is 0 Å². The average Bonchev–Trinajstić information content (AvgIpc) is 2.81. The van der Waals surface area contributed by atoms with E-state index in [0.717, 1.165) is 0 Å². The first-order chi connectivity index (χ1) is 10.0. The first kappa shape index (κ1) is 15.2. The van der Waals surface area contributed by atoms with Crippen LogP contribution in [0.5, 0.6) is 0 Å². The van der Waals surface area contributed by atoms with Gasteiger partial charge in [0.2, 0.25) is 0 Å². The van der Waals surface area contributed by atoms with E-state index in [-0.39, 0.29) is 19.0 Å². The number of hydrogen-bond acceptors (Lipinski definition) is 5. The lowest BCUT2D eigenvalue weighted by molar-refractivity contribution is -0.392. The van der Waals surface area contributed by atoms with Crippen LogP contribution < -0.4 is 0 Å². The molecule has 0 bridgehead atoms. The maximum absolute atomic E-state index is 11.9. The normalized spacial score (nSPS) is 10.4. The van der Waals surface area contributed by atoms with E-state index >= 15 is 0 Å². The topological polar surface area (TPSA) is 87.3 Å². The molecule has 8 heteroatoms. The number of carbonyl (C=O) groups is 1. The summed E-state index contributed by atoms with van der Waals surface area (Å²) in [5, 5.41) is 10.8. The Balaban J connectivity index is 1.99. The van der Waals surface area contributed by atoms with Crippen molar-refractivity contribution < 1.29 is 14.5 Å². The Labute approximate surface area is 128 Å². The zero-order valence-electron chi connectivity index (χ0n) is 11.2. The van der Waals surface area contributed by atoms with Gasteiger partial charge in [-0.3, -0.25) is 0 Å². The van der Waals surface area contributed by atoms with E-state index < -0.39 is 10.9 Å². The number of esters is 1. The molecule has 110 valence electrons. The van der Waals surface area contributed by atoms with Gasteiger partial charge in [0, 0.05) is 11.4 Å². The highest BCUT2D eigenvalue weighted by Crippen LogP contribution is 2.17. The number of halogens is 1. The van der Waals surface area contributed by atoms with Crippen molar-refractivity contribution in [2.24, 2.45) is 0 Å². The Bertz CT molecular complexity index is 684. The third-order valence-corrected chi connectivity index (χ3v) is 3.55. The van der Waals surface area contributed by atoms with Crippen LogP contribution in [0.3, 0.4) is 0 Å². The van der Waals surface area contributed by atoms with Crippen molar-refractivity contribution in [1.29, 1.82) is 0 Å². The molecule has 0 fully saturated rings. The summed E-state index contributed by atoms with van der Waals surface area (Å²) in [5.41, 5.74) is 0.411. The molecular weight excluding hydrogens is 342 g/mol. The zero-order valence-corrected chi connectivity index (χ0v) is 12.7. The highest BCUT2D eigenvalue weighted by Gasteiger charge is 2.18. The minimum Gasteiger partial charge on any atom is -0.458 e. The van der Waals surface area contributed by atoms with Crippen LogP contribution in [0.4, 0.5) is 5.82 Å². The molecule has 2 rings (SSSR count). The number of carbonyl (C=O) groups excluding carboxylic acids is 1. The van der Waals surface area contributed by atoms with Gasteiger partial charge in [-0.15, -0.1) is 0 Å². The predicted molar refractivity (Wildman–Crippen MR) is 78.0 cm³/mol. The summed E-state index contributed by atoms with van der Waals surface area (Å²) in [6.07, 6.45) is 1.19. The monoisotopic (exact) mass is 353 g/mol. The summed E-state index contributed by atoms with van der Waals surface area (Å²) in [7, 11) is 0. The number of aryl methyl sites for hydroxylation is 1. The lowest BCUT2D eigenvalue weighted by atomic mass is 10.2. The van der Waals surface area contributed by atoms with Gasteiger partial charge >= 0.3 is 11.8 Å². The number of imidazole rings is 1. The molecule has 0 saturated heterocycles. The third kappa shape index (κ3) is 3.46. The number of benzene rings is 1. The molecule has 0 radical (unpaired) electrons. The Morgan fingerprint density at radius 1 is 1.48 bits per heavy atom. The highest BCUT2D eigenvalue weighted by molar-refractivity contribution is 9.10. The second kappa shape index (κ2) is 6.49. The molecule has 2 aromatic rings. The van der Waals surface area contributed by atoms with Gasteiger partial charge in [0.1, 0.15) is 19.3 Å². The molecule has 1 aromatic heterocycles. The largest absolute Gasteiger partial charge is 0.458 e. The van der Waals surface area contributed by atoms with E-state index in [9.17, 15) is 14.9 Å². The number of nitrogens with zero attached hydrogens (tertiary/aromatic N) is 3. The molecule has 21 heavy (non-hydrogen) atoms. The molecule has 0 amide bonds. The number of hydrogen-bond donors (Lipinski definition) is 0. The maximum Gasteiger partial charge on any atom is 0.342 e. The second-order valence-electron chi connectivity index (χ2n) is 4.19. The lowest BCUT2D eigenvalue weighted by Crippen LogP contribution is -2.14. The van der Waals surface area contributed by atoms with Crippen molar-refractivity contribution >= 4 is 27.7 Å². The first-order valence-electron chi connectivity index (χ1n) is 6.09. The highest BCUT2D eigenvalue weighted by atomic mass is 79.9. The minimum absolute atomic E-state index is 0.0260. The Kier molecular flexibility index (Phi) is 4.69. The molecule has 0 atom stereocenters. The predicted octanol–water partition coefficient (Wildman–Crippen LogP) is 2.72. The smallest absolute Gasteiger partial charge is 0.342 e. The van der Waals surface area contributed by atoms with Gasteiger partial charge < -0.3 is 14.9 Å². The van der Waals surface area contributed by atoms with Crippen molar-refractivity contribution in [3.05, 3.63) is 56.4 Å². The van der Waals surface area contributed by atoms with Gasteiger partial charge in [0.25, 0.3) is 0 Å².